The highest BCUT2D eigenvalue weighted by molar-refractivity contribution is 4.48. The van der Waals surface area contributed by atoms with Gasteiger partial charge in [-0.1, -0.05) is 19.8 Å². The smallest absolute Gasteiger partial charge is 0.0568 e. The number of aliphatic hydroxyl groups excluding tert-OH is 1. The van der Waals surface area contributed by atoms with Crippen molar-refractivity contribution in [2.45, 2.75) is 45.6 Å². The van der Waals surface area contributed by atoms with E-state index in [0.717, 1.165) is 19.4 Å². The molecule has 1 atom stereocenters. The van der Waals surface area contributed by atoms with E-state index in [4.69, 9.17) is 9.84 Å². The Kier molecular flexibility index (Phi) is 7.96. The van der Waals surface area contributed by atoms with Crippen LogP contribution in [-0.2, 0) is 4.74 Å². The molecule has 0 rings (SSSR count). The molecular weight excluding hydrogens is 140 g/mol. The van der Waals surface area contributed by atoms with Crippen molar-refractivity contribution < 1.29 is 9.84 Å². The number of ether oxygens (including phenoxy) is 1. The first kappa shape index (κ1) is 10.9. The molecule has 0 aromatic rings. The molecule has 0 aromatic carbocycles. The van der Waals surface area contributed by atoms with E-state index in [-0.39, 0.29) is 12.7 Å². The van der Waals surface area contributed by atoms with Gasteiger partial charge in [0.2, 0.25) is 0 Å². The Morgan fingerprint density at radius 3 is 2.64 bits per heavy atom. The van der Waals surface area contributed by atoms with Crippen LogP contribution in [0.1, 0.15) is 39.5 Å². The summed E-state index contributed by atoms with van der Waals surface area (Å²) in [6, 6.07) is 0. The van der Waals surface area contributed by atoms with E-state index in [1.807, 2.05) is 6.92 Å². The lowest BCUT2D eigenvalue weighted by molar-refractivity contribution is 0.0458. The van der Waals surface area contributed by atoms with Crippen LogP contribution < -0.4 is 0 Å². The van der Waals surface area contributed by atoms with Gasteiger partial charge < -0.3 is 9.84 Å². The fourth-order valence-corrected chi connectivity index (χ4v) is 0.902. The standard InChI is InChI=1S/C9H20O2/c1-3-4-5-8-11-9(2)6-7-10/h9-10H,3-8H2,1-2H3/t9-/m1/s1. The Morgan fingerprint density at radius 1 is 1.36 bits per heavy atom. The van der Waals surface area contributed by atoms with Crippen LogP contribution in [0.2, 0.25) is 0 Å². The van der Waals surface area contributed by atoms with Gasteiger partial charge in [0.05, 0.1) is 6.10 Å². The number of hydrogen-bond acceptors (Lipinski definition) is 2. The summed E-state index contributed by atoms with van der Waals surface area (Å²) in [5, 5.41) is 8.56. The Hall–Kier alpha value is -0.0800. The van der Waals surface area contributed by atoms with Gasteiger partial charge in [0.15, 0.2) is 0 Å². The largest absolute Gasteiger partial charge is 0.396 e. The minimum atomic E-state index is 0.219. The number of hydrogen-bond donors (Lipinski definition) is 1. The molecule has 0 aliphatic heterocycles. The zero-order valence-electron chi connectivity index (χ0n) is 7.68. The summed E-state index contributed by atoms with van der Waals surface area (Å²) >= 11 is 0. The van der Waals surface area contributed by atoms with Crippen molar-refractivity contribution in [3.8, 4) is 0 Å². The van der Waals surface area contributed by atoms with Gasteiger partial charge in [0.1, 0.15) is 0 Å². The maximum Gasteiger partial charge on any atom is 0.0568 e. The molecular formula is C9H20O2. The van der Waals surface area contributed by atoms with Crippen molar-refractivity contribution in [3.05, 3.63) is 0 Å². The predicted octanol–water partition coefficient (Wildman–Crippen LogP) is 1.96. The average molecular weight is 160 g/mol. The molecule has 0 amide bonds. The summed E-state index contributed by atoms with van der Waals surface area (Å²) in [6.07, 6.45) is 4.60. The molecule has 68 valence electrons. The summed E-state index contributed by atoms with van der Waals surface area (Å²) in [5.41, 5.74) is 0. The minimum Gasteiger partial charge on any atom is -0.396 e. The summed E-state index contributed by atoms with van der Waals surface area (Å²) in [7, 11) is 0. The molecule has 2 heteroatoms. The molecule has 0 aliphatic carbocycles. The quantitative estimate of drug-likeness (QED) is 0.577. The maximum absolute atomic E-state index is 8.56. The second-order valence-corrected chi connectivity index (χ2v) is 2.90. The summed E-state index contributed by atoms with van der Waals surface area (Å²) in [5.74, 6) is 0. The van der Waals surface area contributed by atoms with E-state index >= 15 is 0 Å². The van der Waals surface area contributed by atoms with E-state index < -0.39 is 0 Å². The van der Waals surface area contributed by atoms with Crippen molar-refractivity contribution >= 4 is 0 Å². The van der Waals surface area contributed by atoms with Crippen LogP contribution >= 0.6 is 0 Å². The molecule has 0 aliphatic rings. The SMILES string of the molecule is CCCCCO[C@H](C)CCO. The first-order valence-electron chi connectivity index (χ1n) is 4.53. The lowest BCUT2D eigenvalue weighted by Crippen LogP contribution is -2.10. The van der Waals surface area contributed by atoms with Crippen molar-refractivity contribution in [3.63, 3.8) is 0 Å². The molecule has 0 spiro atoms. The topological polar surface area (TPSA) is 29.5 Å². The molecule has 0 unspecified atom stereocenters. The third kappa shape index (κ3) is 7.82. The van der Waals surface area contributed by atoms with Gasteiger partial charge in [-0.2, -0.15) is 0 Å². The molecule has 0 bridgehead atoms. The molecule has 0 saturated heterocycles. The van der Waals surface area contributed by atoms with Crippen LogP contribution in [0.4, 0.5) is 0 Å². The number of rotatable bonds is 7. The molecule has 0 radical (unpaired) electrons. The number of unbranched alkanes of at least 4 members (excludes halogenated alkanes) is 2. The van der Waals surface area contributed by atoms with Gasteiger partial charge in [-0.25, -0.2) is 0 Å². The van der Waals surface area contributed by atoms with Crippen LogP contribution in [0, 0.1) is 0 Å². The lowest BCUT2D eigenvalue weighted by Gasteiger charge is -2.10. The highest BCUT2D eigenvalue weighted by Crippen LogP contribution is 2.00. The zero-order valence-corrected chi connectivity index (χ0v) is 7.68. The molecule has 0 aromatic heterocycles. The first-order chi connectivity index (χ1) is 5.31. The average Bonchev–Trinajstić information content (AvgIpc) is 1.99. The monoisotopic (exact) mass is 160 g/mol. The summed E-state index contributed by atoms with van der Waals surface area (Å²) in [4.78, 5) is 0. The Balaban J connectivity index is 2.97. The van der Waals surface area contributed by atoms with Crippen molar-refractivity contribution in [2.24, 2.45) is 0 Å². The molecule has 0 saturated carbocycles. The van der Waals surface area contributed by atoms with Crippen molar-refractivity contribution in [1.82, 2.24) is 0 Å². The maximum atomic E-state index is 8.56. The summed E-state index contributed by atoms with van der Waals surface area (Å²) < 4.78 is 5.42. The van der Waals surface area contributed by atoms with Crippen LogP contribution in [0.25, 0.3) is 0 Å². The first-order valence-corrected chi connectivity index (χ1v) is 4.53. The molecule has 11 heavy (non-hydrogen) atoms. The van der Waals surface area contributed by atoms with Gasteiger partial charge >= 0.3 is 0 Å². The van der Waals surface area contributed by atoms with Crippen LogP contribution in [0.3, 0.4) is 0 Å². The van der Waals surface area contributed by atoms with Crippen LogP contribution in [-0.4, -0.2) is 24.4 Å². The Labute approximate surface area is 69.6 Å². The Morgan fingerprint density at radius 2 is 2.09 bits per heavy atom. The van der Waals surface area contributed by atoms with Crippen LogP contribution in [0.5, 0.6) is 0 Å². The van der Waals surface area contributed by atoms with Gasteiger partial charge in [-0.3, -0.25) is 0 Å². The minimum absolute atomic E-state index is 0.219. The van der Waals surface area contributed by atoms with Crippen LogP contribution in [0.15, 0.2) is 0 Å². The van der Waals surface area contributed by atoms with E-state index in [9.17, 15) is 0 Å². The van der Waals surface area contributed by atoms with Gasteiger partial charge in [-0.05, 0) is 19.8 Å². The highest BCUT2D eigenvalue weighted by Gasteiger charge is 1.98. The fraction of sp³-hybridized carbons (Fsp3) is 1.00. The lowest BCUT2D eigenvalue weighted by atomic mass is 10.2. The van der Waals surface area contributed by atoms with E-state index in [1.165, 1.54) is 12.8 Å². The van der Waals surface area contributed by atoms with Gasteiger partial charge in [0.25, 0.3) is 0 Å². The normalized spacial score (nSPS) is 13.4. The van der Waals surface area contributed by atoms with E-state index in [0.29, 0.717) is 0 Å². The molecule has 0 fully saturated rings. The van der Waals surface area contributed by atoms with Gasteiger partial charge in [-0.15, -0.1) is 0 Å². The van der Waals surface area contributed by atoms with E-state index in [2.05, 4.69) is 6.92 Å². The van der Waals surface area contributed by atoms with Gasteiger partial charge in [0, 0.05) is 13.2 Å². The highest BCUT2D eigenvalue weighted by atomic mass is 16.5. The third-order valence-corrected chi connectivity index (χ3v) is 1.69. The fourth-order valence-electron chi connectivity index (χ4n) is 0.902. The predicted molar refractivity (Wildman–Crippen MR) is 46.6 cm³/mol. The second kappa shape index (κ2) is 8.02. The van der Waals surface area contributed by atoms with Crippen molar-refractivity contribution in [1.29, 1.82) is 0 Å². The number of aliphatic hydroxyl groups is 1. The molecule has 1 N–H and O–H groups in total. The zero-order chi connectivity index (χ0) is 8.53. The summed E-state index contributed by atoms with van der Waals surface area (Å²) in [6.45, 7) is 5.25. The molecule has 0 heterocycles. The van der Waals surface area contributed by atoms with Crippen molar-refractivity contribution in [2.75, 3.05) is 13.2 Å². The Bertz CT molecular complexity index is 74.0. The molecule has 2 nitrogen and oxygen atoms in total. The van der Waals surface area contributed by atoms with E-state index in [1.54, 1.807) is 0 Å². The second-order valence-electron chi connectivity index (χ2n) is 2.90. The third-order valence-electron chi connectivity index (χ3n) is 1.69.